The molecule has 0 amide bonds. The Morgan fingerprint density at radius 3 is 2.33 bits per heavy atom. The van der Waals surface area contributed by atoms with Gasteiger partial charge in [0, 0.05) is 18.0 Å². The number of amidine groups is 1. The fraction of sp³-hybridized carbons (Fsp3) is 0.208. The summed E-state index contributed by atoms with van der Waals surface area (Å²) in [7, 11) is -0.795. The Hall–Kier alpha value is -3.23. The van der Waals surface area contributed by atoms with Gasteiger partial charge in [-0.3, -0.25) is 5.01 Å². The quantitative estimate of drug-likeness (QED) is 0.482. The minimum Gasteiger partial charge on any atom is -0.493 e. The van der Waals surface area contributed by atoms with E-state index in [1.54, 1.807) is 38.5 Å². The number of anilines is 1. The van der Waals surface area contributed by atoms with Crippen molar-refractivity contribution >= 4 is 33.1 Å². The average molecular weight is 486 g/mol. The summed E-state index contributed by atoms with van der Waals surface area (Å²) in [6.07, 6.45) is 0.481. The molecule has 33 heavy (non-hydrogen) atoms. The lowest BCUT2D eigenvalue weighted by Gasteiger charge is -2.24. The Morgan fingerprint density at radius 1 is 0.970 bits per heavy atom. The Morgan fingerprint density at radius 2 is 1.67 bits per heavy atom. The number of halogens is 1. The van der Waals surface area contributed by atoms with Crippen LogP contribution in [0.2, 0.25) is 5.02 Å². The minimum absolute atomic E-state index is 0.0901. The molecule has 0 saturated carbocycles. The number of hydrazone groups is 1. The Bertz CT molecular complexity index is 1250. The van der Waals surface area contributed by atoms with E-state index in [-0.39, 0.29) is 11.4 Å². The number of benzene rings is 3. The number of para-hydroxylation sites is 1. The van der Waals surface area contributed by atoms with Gasteiger partial charge in [-0.15, -0.1) is 0 Å². The van der Waals surface area contributed by atoms with Crippen molar-refractivity contribution in [3.8, 4) is 11.5 Å². The third kappa shape index (κ3) is 4.91. The predicted molar refractivity (Wildman–Crippen MR) is 130 cm³/mol. The van der Waals surface area contributed by atoms with Gasteiger partial charge in [-0.1, -0.05) is 35.9 Å². The Labute approximate surface area is 198 Å². The summed E-state index contributed by atoms with van der Waals surface area (Å²) in [5.41, 5.74) is 1.65. The molecular weight excluding hydrogens is 462 g/mol. The number of hydrogen-bond acceptors (Lipinski definition) is 6. The average Bonchev–Trinajstić information content (AvgIpc) is 3.33. The smallest absolute Gasteiger partial charge is 0.265 e. The zero-order valence-electron chi connectivity index (χ0n) is 18.3. The number of methoxy groups -OCH3 is 2. The molecule has 172 valence electrons. The Balaban J connectivity index is 1.74. The summed E-state index contributed by atoms with van der Waals surface area (Å²) in [5.74, 6) is 1.56. The van der Waals surface area contributed by atoms with Gasteiger partial charge in [0.25, 0.3) is 10.0 Å². The molecule has 0 N–H and O–H groups in total. The van der Waals surface area contributed by atoms with Crippen LogP contribution in [0.25, 0.3) is 0 Å². The van der Waals surface area contributed by atoms with E-state index in [1.807, 2.05) is 41.4 Å². The lowest BCUT2D eigenvalue weighted by Crippen LogP contribution is -2.35. The van der Waals surface area contributed by atoms with E-state index >= 15 is 0 Å². The lowest BCUT2D eigenvalue weighted by molar-refractivity contribution is 0.354. The summed E-state index contributed by atoms with van der Waals surface area (Å²) in [4.78, 5) is 0.147. The third-order valence-corrected chi connectivity index (χ3v) is 7.34. The second-order valence-corrected chi connectivity index (χ2v) is 9.68. The van der Waals surface area contributed by atoms with E-state index in [4.69, 9.17) is 21.1 Å². The summed E-state index contributed by atoms with van der Waals surface area (Å²) in [5, 5.41) is 6.94. The lowest BCUT2D eigenvalue weighted by atomic mass is 10.2. The Kier molecular flexibility index (Phi) is 6.76. The first-order chi connectivity index (χ1) is 15.9. The molecule has 3 aromatic carbocycles. The molecule has 0 bridgehead atoms. The second kappa shape index (κ2) is 9.72. The largest absolute Gasteiger partial charge is 0.493 e. The van der Waals surface area contributed by atoms with Crippen LogP contribution in [-0.2, 0) is 16.6 Å². The molecule has 0 radical (unpaired) electrons. The van der Waals surface area contributed by atoms with Gasteiger partial charge < -0.3 is 9.47 Å². The number of rotatable bonds is 7. The van der Waals surface area contributed by atoms with Gasteiger partial charge in [0.05, 0.1) is 31.3 Å². The topological polar surface area (TPSA) is 71.4 Å². The van der Waals surface area contributed by atoms with Gasteiger partial charge in [0.15, 0.2) is 11.5 Å². The maximum atomic E-state index is 13.7. The number of ether oxygens (including phenoxy) is 2. The van der Waals surface area contributed by atoms with Crippen molar-refractivity contribution in [3.63, 3.8) is 0 Å². The minimum atomic E-state index is -3.90. The zero-order valence-corrected chi connectivity index (χ0v) is 19.9. The van der Waals surface area contributed by atoms with Gasteiger partial charge >= 0.3 is 0 Å². The van der Waals surface area contributed by atoms with Crippen molar-refractivity contribution in [1.29, 1.82) is 0 Å². The van der Waals surface area contributed by atoms with Crippen LogP contribution in [0.5, 0.6) is 11.5 Å². The van der Waals surface area contributed by atoms with Crippen LogP contribution >= 0.6 is 11.6 Å². The van der Waals surface area contributed by atoms with E-state index in [9.17, 15) is 8.42 Å². The summed E-state index contributed by atoms with van der Waals surface area (Å²) in [6, 6.07) is 21.1. The highest BCUT2D eigenvalue weighted by Gasteiger charge is 2.31. The molecular formula is C24H24ClN3O4S. The van der Waals surface area contributed by atoms with Gasteiger partial charge in [-0.2, -0.15) is 5.10 Å². The summed E-state index contributed by atoms with van der Waals surface area (Å²) >= 11 is 5.98. The van der Waals surface area contributed by atoms with E-state index in [0.717, 1.165) is 11.3 Å². The molecule has 1 heterocycles. The summed E-state index contributed by atoms with van der Waals surface area (Å²) in [6.45, 7) is 0.671. The van der Waals surface area contributed by atoms with Crippen molar-refractivity contribution in [2.45, 2.75) is 17.9 Å². The molecule has 1 aliphatic heterocycles. The molecule has 0 fully saturated rings. The van der Waals surface area contributed by atoms with Crippen molar-refractivity contribution < 1.29 is 17.9 Å². The van der Waals surface area contributed by atoms with Gasteiger partial charge in [0.2, 0.25) is 0 Å². The molecule has 3 aromatic rings. The molecule has 0 aliphatic carbocycles. The van der Waals surface area contributed by atoms with Crippen LogP contribution in [0.3, 0.4) is 0 Å². The van der Waals surface area contributed by atoms with Crippen molar-refractivity contribution in [1.82, 2.24) is 4.31 Å². The van der Waals surface area contributed by atoms with E-state index in [0.29, 0.717) is 35.3 Å². The first-order valence-electron chi connectivity index (χ1n) is 10.3. The molecule has 0 spiro atoms. The normalized spacial score (nSPS) is 13.5. The van der Waals surface area contributed by atoms with Gasteiger partial charge in [0.1, 0.15) is 5.84 Å². The van der Waals surface area contributed by atoms with Crippen molar-refractivity contribution in [3.05, 3.63) is 83.4 Å². The number of sulfonamides is 1. The van der Waals surface area contributed by atoms with Gasteiger partial charge in [-0.25, -0.2) is 12.7 Å². The third-order valence-electron chi connectivity index (χ3n) is 5.30. The predicted octanol–water partition coefficient (Wildman–Crippen LogP) is 4.77. The van der Waals surface area contributed by atoms with Crippen LogP contribution in [0.15, 0.2) is 82.8 Å². The standard InChI is InChI=1S/C24H24ClN3O4S/c1-31-22-13-8-18(16-23(22)32-2)17-28(33(29,30)21-11-9-19(25)10-12-21)24-14-15-27(26-24)20-6-4-3-5-7-20/h3-13,16H,14-15,17H2,1-2H3. The van der Waals surface area contributed by atoms with E-state index in [2.05, 4.69) is 5.10 Å². The number of hydrogen-bond donors (Lipinski definition) is 0. The number of nitrogens with zero attached hydrogens (tertiary/aromatic N) is 3. The first-order valence-corrected chi connectivity index (χ1v) is 12.1. The molecule has 0 unspecified atom stereocenters. The highest BCUT2D eigenvalue weighted by atomic mass is 35.5. The monoisotopic (exact) mass is 485 g/mol. The van der Waals surface area contributed by atoms with Gasteiger partial charge in [-0.05, 0) is 54.1 Å². The maximum Gasteiger partial charge on any atom is 0.265 e. The van der Waals surface area contributed by atoms with Crippen LogP contribution < -0.4 is 14.5 Å². The molecule has 4 rings (SSSR count). The fourth-order valence-electron chi connectivity index (χ4n) is 3.60. The molecule has 0 saturated heterocycles. The van der Waals surface area contributed by atoms with Crippen LogP contribution in [0.1, 0.15) is 12.0 Å². The SMILES string of the molecule is COc1ccc(CN(C2=NN(c3ccccc3)CC2)S(=O)(=O)c2ccc(Cl)cc2)cc1OC. The highest BCUT2D eigenvalue weighted by Crippen LogP contribution is 2.30. The van der Waals surface area contributed by atoms with E-state index < -0.39 is 10.0 Å². The molecule has 7 nitrogen and oxygen atoms in total. The van der Waals surface area contributed by atoms with Crippen LogP contribution in [0.4, 0.5) is 5.69 Å². The molecule has 0 atom stereocenters. The summed E-state index contributed by atoms with van der Waals surface area (Å²) < 4.78 is 39.4. The highest BCUT2D eigenvalue weighted by molar-refractivity contribution is 7.89. The van der Waals surface area contributed by atoms with Crippen molar-refractivity contribution in [2.24, 2.45) is 5.10 Å². The zero-order chi connectivity index (χ0) is 23.4. The maximum absolute atomic E-state index is 13.7. The first kappa shape index (κ1) is 22.9. The van der Waals surface area contributed by atoms with Crippen LogP contribution in [-0.4, -0.2) is 39.3 Å². The van der Waals surface area contributed by atoms with E-state index in [1.165, 1.54) is 16.4 Å². The molecule has 9 heteroatoms. The molecule has 0 aromatic heterocycles. The van der Waals surface area contributed by atoms with Crippen molar-refractivity contribution in [2.75, 3.05) is 25.8 Å². The second-order valence-electron chi connectivity index (χ2n) is 7.38. The fourth-order valence-corrected chi connectivity index (χ4v) is 5.19. The molecule has 1 aliphatic rings. The van der Waals surface area contributed by atoms with Crippen LogP contribution in [0, 0.1) is 0 Å².